The molecule has 1 aliphatic carbocycles. The van der Waals surface area contributed by atoms with Crippen LogP contribution in [0.3, 0.4) is 0 Å². The molecule has 1 saturated heterocycles. The highest BCUT2D eigenvalue weighted by Gasteiger charge is 2.38. The third kappa shape index (κ3) is 2.73. The lowest BCUT2D eigenvalue weighted by molar-refractivity contribution is 0.240. The molecule has 2 heterocycles. The van der Waals surface area contributed by atoms with Gasteiger partial charge in [0.2, 0.25) is 0 Å². The van der Waals surface area contributed by atoms with Gasteiger partial charge in [0.25, 0.3) is 0 Å². The van der Waals surface area contributed by atoms with E-state index in [1.807, 2.05) is 23.9 Å². The summed E-state index contributed by atoms with van der Waals surface area (Å²) in [5.41, 5.74) is 3.37. The van der Waals surface area contributed by atoms with Crippen LogP contribution in [0.2, 0.25) is 0 Å². The molecule has 0 radical (unpaired) electrons. The fourth-order valence-electron chi connectivity index (χ4n) is 4.15. The van der Waals surface area contributed by atoms with E-state index in [0.717, 1.165) is 34.9 Å². The third-order valence-corrected chi connectivity index (χ3v) is 6.67. The Kier molecular flexibility index (Phi) is 3.74. The van der Waals surface area contributed by atoms with E-state index >= 15 is 0 Å². The minimum atomic E-state index is -0.160. The number of hydrogen-bond acceptors (Lipinski definition) is 3. The Labute approximate surface area is 151 Å². The summed E-state index contributed by atoms with van der Waals surface area (Å²) in [6.07, 6.45) is 5.84. The van der Waals surface area contributed by atoms with Gasteiger partial charge < -0.3 is 10.1 Å². The smallest absolute Gasteiger partial charge is 0.123 e. The quantitative estimate of drug-likeness (QED) is 0.772. The van der Waals surface area contributed by atoms with Gasteiger partial charge in [0.15, 0.2) is 0 Å². The van der Waals surface area contributed by atoms with Crippen molar-refractivity contribution >= 4 is 17.4 Å². The molecule has 0 bridgehead atoms. The number of hydrogen-bond donors (Lipinski definition) is 1. The zero-order chi connectivity index (χ0) is 16.8. The van der Waals surface area contributed by atoms with Crippen molar-refractivity contribution in [3.63, 3.8) is 0 Å². The molecule has 5 rings (SSSR count). The normalized spacial score (nSPS) is 27.2. The van der Waals surface area contributed by atoms with E-state index in [-0.39, 0.29) is 17.8 Å². The number of fused-ring (bicyclic) bond motifs is 3. The molecule has 3 aliphatic rings. The second-order valence-corrected chi connectivity index (χ2v) is 8.13. The van der Waals surface area contributed by atoms with Crippen LogP contribution in [-0.2, 0) is 0 Å². The van der Waals surface area contributed by atoms with Crippen LogP contribution >= 0.6 is 11.8 Å². The Morgan fingerprint density at radius 2 is 2.04 bits per heavy atom. The summed E-state index contributed by atoms with van der Waals surface area (Å²) in [4.78, 5) is 0. The molecule has 128 valence electrons. The molecule has 2 aromatic carbocycles. The Morgan fingerprint density at radius 1 is 1.12 bits per heavy atom. The Hall–Kier alpha value is -1.94. The number of halogens is 1. The van der Waals surface area contributed by atoms with Crippen molar-refractivity contribution in [2.24, 2.45) is 5.92 Å². The van der Waals surface area contributed by atoms with Crippen LogP contribution in [0.25, 0.3) is 0 Å². The van der Waals surface area contributed by atoms with E-state index in [9.17, 15) is 4.39 Å². The standard InChI is InChI=1S/C21H20FNOS/c22-14-7-8-20-19(10-14)17-5-2-6-18(17)21(23-20)13-3-1-4-15(9-13)24-16-11-25-12-16/h1-5,7-10,16-18,21,23H,6,11-12H2. The number of ether oxygens (including phenoxy) is 1. The zero-order valence-electron chi connectivity index (χ0n) is 13.8. The minimum absolute atomic E-state index is 0.160. The number of anilines is 1. The van der Waals surface area contributed by atoms with E-state index in [2.05, 4.69) is 35.7 Å². The van der Waals surface area contributed by atoms with E-state index in [1.54, 1.807) is 6.07 Å². The monoisotopic (exact) mass is 353 g/mol. The van der Waals surface area contributed by atoms with Gasteiger partial charge in [0, 0.05) is 23.1 Å². The second-order valence-electron chi connectivity index (χ2n) is 7.06. The first-order chi connectivity index (χ1) is 12.3. The molecular weight excluding hydrogens is 333 g/mol. The number of allylic oxidation sites excluding steroid dienone is 2. The van der Waals surface area contributed by atoms with E-state index in [4.69, 9.17) is 4.74 Å². The van der Waals surface area contributed by atoms with Gasteiger partial charge >= 0.3 is 0 Å². The van der Waals surface area contributed by atoms with E-state index < -0.39 is 0 Å². The van der Waals surface area contributed by atoms with Gasteiger partial charge in [0.1, 0.15) is 17.7 Å². The molecule has 0 amide bonds. The van der Waals surface area contributed by atoms with Crippen molar-refractivity contribution in [2.45, 2.75) is 24.5 Å². The molecule has 2 aromatic rings. The summed E-state index contributed by atoms with van der Waals surface area (Å²) in [7, 11) is 0. The lowest BCUT2D eigenvalue weighted by atomic mass is 9.77. The SMILES string of the molecule is Fc1ccc2c(c1)C1C=CCC1C(c1cccc(OC3CSC3)c1)N2. The van der Waals surface area contributed by atoms with E-state index in [0.29, 0.717) is 12.0 Å². The van der Waals surface area contributed by atoms with Crippen LogP contribution in [0.5, 0.6) is 5.75 Å². The van der Waals surface area contributed by atoms with Crippen LogP contribution in [0.15, 0.2) is 54.6 Å². The van der Waals surface area contributed by atoms with Gasteiger partial charge in [-0.2, -0.15) is 11.8 Å². The summed E-state index contributed by atoms with van der Waals surface area (Å²) in [6.45, 7) is 0. The fraction of sp³-hybridized carbons (Fsp3) is 0.333. The highest BCUT2D eigenvalue weighted by Crippen LogP contribution is 2.50. The van der Waals surface area contributed by atoms with Crippen molar-refractivity contribution in [3.8, 4) is 5.75 Å². The molecule has 1 fully saturated rings. The van der Waals surface area contributed by atoms with Crippen LogP contribution < -0.4 is 10.1 Å². The molecule has 3 unspecified atom stereocenters. The topological polar surface area (TPSA) is 21.3 Å². The van der Waals surface area contributed by atoms with Gasteiger partial charge in [-0.05, 0) is 53.8 Å². The molecule has 0 saturated carbocycles. The van der Waals surface area contributed by atoms with E-state index in [1.165, 1.54) is 11.6 Å². The van der Waals surface area contributed by atoms with Gasteiger partial charge in [-0.1, -0.05) is 24.3 Å². The van der Waals surface area contributed by atoms with Crippen molar-refractivity contribution in [1.82, 2.24) is 0 Å². The largest absolute Gasteiger partial charge is 0.489 e. The predicted molar refractivity (Wildman–Crippen MR) is 101 cm³/mol. The first kappa shape index (κ1) is 15.3. The van der Waals surface area contributed by atoms with Crippen LogP contribution in [0.4, 0.5) is 10.1 Å². The second kappa shape index (κ2) is 6.10. The zero-order valence-corrected chi connectivity index (χ0v) is 14.6. The lowest BCUT2D eigenvalue weighted by Gasteiger charge is -2.37. The lowest BCUT2D eigenvalue weighted by Crippen LogP contribution is -2.31. The van der Waals surface area contributed by atoms with Gasteiger partial charge in [-0.25, -0.2) is 4.39 Å². The number of benzene rings is 2. The molecule has 2 aliphatic heterocycles. The van der Waals surface area contributed by atoms with Gasteiger partial charge in [-0.3, -0.25) is 0 Å². The molecule has 0 spiro atoms. The summed E-state index contributed by atoms with van der Waals surface area (Å²) >= 11 is 1.93. The number of rotatable bonds is 3. The molecule has 2 nitrogen and oxygen atoms in total. The Balaban J connectivity index is 1.48. The maximum Gasteiger partial charge on any atom is 0.123 e. The number of nitrogens with one attached hydrogen (secondary N) is 1. The van der Waals surface area contributed by atoms with Crippen LogP contribution in [0, 0.1) is 11.7 Å². The molecule has 0 aromatic heterocycles. The maximum absolute atomic E-state index is 13.7. The van der Waals surface area contributed by atoms with Gasteiger partial charge in [0.05, 0.1) is 6.04 Å². The van der Waals surface area contributed by atoms with Crippen molar-refractivity contribution in [2.75, 3.05) is 16.8 Å². The van der Waals surface area contributed by atoms with Crippen LogP contribution in [0.1, 0.15) is 29.5 Å². The first-order valence-electron chi connectivity index (χ1n) is 8.85. The summed E-state index contributed by atoms with van der Waals surface area (Å²) < 4.78 is 19.8. The molecule has 4 heteroatoms. The van der Waals surface area contributed by atoms with Crippen LogP contribution in [-0.4, -0.2) is 17.6 Å². The highest BCUT2D eigenvalue weighted by molar-refractivity contribution is 8.00. The summed E-state index contributed by atoms with van der Waals surface area (Å²) in [5, 5.41) is 3.65. The predicted octanol–water partition coefficient (Wildman–Crippen LogP) is 5.15. The molecular formula is C21H20FNOS. The molecule has 3 atom stereocenters. The first-order valence-corrected chi connectivity index (χ1v) is 10.0. The average Bonchev–Trinajstić information content (AvgIpc) is 3.08. The Bertz CT molecular complexity index is 832. The van der Waals surface area contributed by atoms with Gasteiger partial charge in [-0.15, -0.1) is 0 Å². The fourth-order valence-corrected chi connectivity index (χ4v) is 4.72. The summed E-state index contributed by atoms with van der Waals surface area (Å²) in [5.74, 6) is 3.66. The maximum atomic E-state index is 13.7. The molecule has 1 N–H and O–H groups in total. The Morgan fingerprint density at radius 3 is 2.88 bits per heavy atom. The summed E-state index contributed by atoms with van der Waals surface area (Å²) in [6, 6.07) is 13.8. The molecule has 25 heavy (non-hydrogen) atoms. The third-order valence-electron chi connectivity index (χ3n) is 5.45. The van der Waals surface area contributed by atoms with Crippen molar-refractivity contribution in [1.29, 1.82) is 0 Å². The van der Waals surface area contributed by atoms with Crippen molar-refractivity contribution in [3.05, 3.63) is 71.6 Å². The number of thioether (sulfide) groups is 1. The highest BCUT2D eigenvalue weighted by atomic mass is 32.2. The minimum Gasteiger partial charge on any atom is -0.489 e. The average molecular weight is 353 g/mol. The van der Waals surface area contributed by atoms with Crippen molar-refractivity contribution < 1.29 is 9.13 Å².